The first kappa shape index (κ1) is 12.7. The Kier molecular flexibility index (Phi) is 2.90. The molecule has 0 radical (unpaired) electrons. The van der Waals surface area contributed by atoms with Crippen molar-refractivity contribution in [3.63, 3.8) is 0 Å². The Morgan fingerprint density at radius 2 is 2.05 bits per heavy atom. The minimum absolute atomic E-state index is 0.0353. The zero-order chi connectivity index (χ0) is 13.6. The van der Waals surface area contributed by atoms with Gasteiger partial charge in [-0.25, -0.2) is 4.98 Å². The molecule has 2 heterocycles. The van der Waals surface area contributed by atoms with Crippen molar-refractivity contribution in [3.05, 3.63) is 29.6 Å². The van der Waals surface area contributed by atoms with Crippen LogP contribution in [0.25, 0.3) is 11.0 Å². The van der Waals surface area contributed by atoms with E-state index < -0.39 is 0 Å². The second-order valence-corrected chi connectivity index (χ2v) is 6.36. The lowest BCUT2D eigenvalue weighted by Gasteiger charge is -2.19. The van der Waals surface area contributed by atoms with E-state index in [2.05, 4.69) is 49.4 Å². The van der Waals surface area contributed by atoms with Gasteiger partial charge in [-0.3, -0.25) is 0 Å². The Bertz CT molecular complexity index is 612. The van der Waals surface area contributed by atoms with Crippen LogP contribution in [0.1, 0.15) is 37.8 Å². The van der Waals surface area contributed by atoms with Gasteiger partial charge in [-0.2, -0.15) is 0 Å². The first-order valence-corrected chi connectivity index (χ1v) is 7.04. The summed E-state index contributed by atoms with van der Waals surface area (Å²) in [4.78, 5) is 4.51. The van der Waals surface area contributed by atoms with Crippen molar-refractivity contribution in [2.45, 2.75) is 58.8 Å². The van der Waals surface area contributed by atoms with Crippen molar-refractivity contribution < 1.29 is 4.74 Å². The van der Waals surface area contributed by atoms with Crippen molar-refractivity contribution in [2.24, 2.45) is 0 Å². The number of aryl methyl sites for hydroxylation is 2. The molecule has 0 amide bonds. The van der Waals surface area contributed by atoms with Crippen LogP contribution in [0.2, 0.25) is 0 Å². The van der Waals surface area contributed by atoms with Gasteiger partial charge in [-0.15, -0.1) is 0 Å². The van der Waals surface area contributed by atoms with Gasteiger partial charge in [0.2, 0.25) is 0 Å². The van der Waals surface area contributed by atoms with Crippen LogP contribution < -0.4 is 0 Å². The summed E-state index contributed by atoms with van der Waals surface area (Å²) in [6.45, 7) is 9.54. The molecule has 1 unspecified atom stereocenters. The standard InChI is InChI=1S/C16H22N2O/c1-11-7-14-15(8-12(11)2)18(10-17-14)9-13-5-6-16(3,4)19-13/h7-8,10,13H,5-6,9H2,1-4H3. The maximum atomic E-state index is 6.08. The van der Waals surface area contributed by atoms with E-state index in [9.17, 15) is 0 Å². The van der Waals surface area contributed by atoms with Crippen molar-refractivity contribution in [1.29, 1.82) is 0 Å². The number of aromatic nitrogens is 2. The van der Waals surface area contributed by atoms with E-state index in [-0.39, 0.29) is 5.60 Å². The highest BCUT2D eigenvalue weighted by Crippen LogP contribution is 2.30. The molecule has 3 heteroatoms. The quantitative estimate of drug-likeness (QED) is 0.822. The predicted molar refractivity (Wildman–Crippen MR) is 77.4 cm³/mol. The SMILES string of the molecule is Cc1cc2ncn(CC3CCC(C)(C)O3)c2cc1C. The highest BCUT2D eigenvalue weighted by molar-refractivity contribution is 5.77. The fourth-order valence-electron chi connectivity index (χ4n) is 2.88. The van der Waals surface area contributed by atoms with E-state index >= 15 is 0 Å². The molecule has 1 aromatic carbocycles. The Hall–Kier alpha value is -1.35. The molecule has 0 aliphatic carbocycles. The third kappa shape index (κ3) is 2.39. The molecule has 1 saturated heterocycles. The average molecular weight is 258 g/mol. The van der Waals surface area contributed by atoms with E-state index in [0.29, 0.717) is 6.10 Å². The molecule has 3 rings (SSSR count). The van der Waals surface area contributed by atoms with E-state index in [4.69, 9.17) is 4.74 Å². The lowest BCUT2D eigenvalue weighted by atomic mass is 10.1. The lowest BCUT2D eigenvalue weighted by Crippen LogP contribution is -2.22. The Balaban J connectivity index is 1.88. The fraction of sp³-hybridized carbons (Fsp3) is 0.562. The second kappa shape index (κ2) is 4.34. The van der Waals surface area contributed by atoms with Gasteiger partial charge in [0.05, 0.1) is 35.6 Å². The van der Waals surface area contributed by atoms with Gasteiger partial charge >= 0.3 is 0 Å². The Morgan fingerprint density at radius 1 is 1.32 bits per heavy atom. The van der Waals surface area contributed by atoms with Gasteiger partial charge in [0, 0.05) is 0 Å². The zero-order valence-electron chi connectivity index (χ0n) is 12.2. The van der Waals surface area contributed by atoms with Crippen molar-refractivity contribution >= 4 is 11.0 Å². The number of hydrogen-bond acceptors (Lipinski definition) is 2. The third-order valence-electron chi connectivity index (χ3n) is 4.19. The average Bonchev–Trinajstić information content (AvgIpc) is 2.85. The van der Waals surface area contributed by atoms with Gasteiger partial charge in [0.15, 0.2) is 0 Å². The molecule has 0 N–H and O–H groups in total. The number of nitrogens with zero attached hydrogens (tertiary/aromatic N) is 2. The van der Waals surface area contributed by atoms with E-state index in [1.165, 1.54) is 16.6 Å². The summed E-state index contributed by atoms with van der Waals surface area (Å²) in [5, 5.41) is 0. The summed E-state index contributed by atoms with van der Waals surface area (Å²) in [6.07, 6.45) is 4.53. The van der Waals surface area contributed by atoms with Crippen molar-refractivity contribution in [1.82, 2.24) is 9.55 Å². The molecular weight excluding hydrogens is 236 g/mol. The first-order valence-electron chi connectivity index (χ1n) is 7.04. The van der Waals surface area contributed by atoms with E-state index in [0.717, 1.165) is 24.9 Å². The van der Waals surface area contributed by atoms with Crippen LogP contribution in [-0.2, 0) is 11.3 Å². The highest BCUT2D eigenvalue weighted by atomic mass is 16.5. The van der Waals surface area contributed by atoms with Crippen molar-refractivity contribution in [3.8, 4) is 0 Å². The van der Waals surface area contributed by atoms with Gasteiger partial charge in [-0.05, 0) is 63.8 Å². The van der Waals surface area contributed by atoms with Gasteiger partial charge in [0.25, 0.3) is 0 Å². The smallest absolute Gasteiger partial charge is 0.0959 e. The topological polar surface area (TPSA) is 27.1 Å². The van der Waals surface area contributed by atoms with E-state index in [1.807, 2.05) is 6.33 Å². The maximum absolute atomic E-state index is 6.08. The summed E-state index contributed by atoms with van der Waals surface area (Å²) < 4.78 is 8.31. The highest BCUT2D eigenvalue weighted by Gasteiger charge is 2.31. The normalized spacial score (nSPS) is 22.2. The fourth-order valence-corrected chi connectivity index (χ4v) is 2.88. The first-order chi connectivity index (χ1) is 8.94. The number of benzene rings is 1. The summed E-state index contributed by atoms with van der Waals surface area (Å²) in [5.41, 5.74) is 4.96. The van der Waals surface area contributed by atoms with Crippen LogP contribution in [0, 0.1) is 13.8 Å². The van der Waals surface area contributed by atoms with Crippen LogP contribution in [0.5, 0.6) is 0 Å². The van der Waals surface area contributed by atoms with Crippen molar-refractivity contribution in [2.75, 3.05) is 0 Å². The monoisotopic (exact) mass is 258 g/mol. The third-order valence-corrected chi connectivity index (χ3v) is 4.19. The number of imidazole rings is 1. The van der Waals surface area contributed by atoms with Crippen LogP contribution in [0.3, 0.4) is 0 Å². The predicted octanol–water partition coefficient (Wildman–Crippen LogP) is 3.61. The molecule has 0 spiro atoms. The molecule has 102 valence electrons. The van der Waals surface area contributed by atoms with Crippen LogP contribution in [-0.4, -0.2) is 21.3 Å². The van der Waals surface area contributed by atoms with Crippen LogP contribution in [0.4, 0.5) is 0 Å². The zero-order valence-corrected chi connectivity index (χ0v) is 12.2. The molecular formula is C16H22N2O. The largest absolute Gasteiger partial charge is 0.370 e. The lowest BCUT2D eigenvalue weighted by molar-refractivity contribution is -0.0212. The Morgan fingerprint density at radius 3 is 2.74 bits per heavy atom. The molecule has 1 aliphatic heterocycles. The molecule has 2 aromatic rings. The molecule has 3 nitrogen and oxygen atoms in total. The molecule has 0 saturated carbocycles. The molecule has 1 fully saturated rings. The summed E-state index contributed by atoms with van der Waals surface area (Å²) >= 11 is 0. The van der Waals surface area contributed by atoms with E-state index in [1.54, 1.807) is 0 Å². The number of rotatable bonds is 2. The number of fused-ring (bicyclic) bond motifs is 1. The molecule has 1 aromatic heterocycles. The van der Waals surface area contributed by atoms with Gasteiger partial charge in [0.1, 0.15) is 0 Å². The summed E-state index contributed by atoms with van der Waals surface area (Å²) in [7, 11) is 0. The Labute approximate surface area is 114 Å². The molecule has 1 aliphatic rings. The van der Waals surface area contributed by atoms with Crippen LogP contribution >= 0.6 is 0 Å². The van der Waals surface area contributed by atoms with Gasteiger partial charge < -0.3 is 9.30 Å². The minimum Gasteiger partial charge on any atom is -0.370 e. The number of ether oxygens (including phenoxy) is 1. The number of hydrogen-bond donors (Lipinski definition) is 0. The molecule has 1 atom stereocenters. The van der Waals surface area contributed by atoms with Gasteiger partial charge in [-0.1, -0.05) is 0 Å². The molecule has 0 bridgehead atoms. The molecule has 19 heavy (non-hydrogen) atoms. The van der Waals surface area contributed by atoms with Crippen LogP contribution in [0.15, 0.2) is 18.5 Å². The second-order valence-electron chi connectivity index (χ2n) is 6.36. The maximum Gasteiger partial charge on any atom is 0.0959 e. The summed E-state index contributed by atoms with van der Waals surface area (Å²) in [6, 6.07) is 4.40. The summed E-state index contributed by atoms with van der Waals surface area (Å²) in [5.74, 6) is 0. The minimum atomic E-state index is 0.0353.